The average molecular weight is 311 g/mol. The van der Waals surface area contributed by atoms with E-state index in [1.807, 2.05) is 0 Å². The molecule has 0 saturated carbocycles. The van der Waals surface area contributed by atoms with Crippen molar-refractivity contribution in [1.82, 2.24) is 4.98 Å². The maximum Gasteiger partial charge on any atom is 0.142 e. The number of hydrogen-bond donors (Lipinski definition) is 1. The Hall–Kier alpha value is -1.46. The van der Waals surface area contributed by atoms with Crippen molar-refractivity contribution in [1.29, 1.82) is 0 Å². The van der Waals surface area contributed by atoms with Crippen molar-refractivity contribution in [2.75, 3.05) is 7.11 Å². The highest BCUT2D eigenvalue weighted by Gasteiger charge is 2.19. The molecule has 0 saturated heterocycles. The predicted molar refractivity (Wildman–Crippen MR) is 70.9 cm³/mol. The number of nitrogens with two attached hydrogens (primary N) is 1. The molecule has 1 aromatic carbocycles. The van der Waals surface area contributed by atoms with Crippen LogP contribution in [0.3, 0.4) is 0 Å². The van der Waals surface area contributed by atoms with Crippen LogP contribution in [0.15, 0.2) is 41.0 Å². The van der Waals surface area contributed by atoms with Crippen LogP contribution in [0.1, 0.15) is 17.3 Å². The van der Waals surface area contributed by atoms with E-state index in [0.717, 1.165) is 0 Å². The van der Waals surface area contributed by atoms with Gasteiger partial charge in [-0.25, -0.2) is 4.39 Å². The zero-order valence-corrected chi connectivity index (χ0v) is 11.3. The van der Waals surface area contributed by atoms with Crippen molar-refractivity contribution >= 4 is 15.9 Å². The summed E-state index contributed by atoms with van der Waals surface area (Å²) in [4.78, 5) is 4.16. The Morgan fingerprint density at radius 1 is 1.33 bits per heavy atom. The van der Waals surface area contributed by atoms with Crippen LogP contribution < -0.4 is 10.5 Å². The van der Waals surface area contributed by atoms with Gasteiger partial charge >= 0.3 is 0 Å². The molecule has 0 spiro atoms. The summed E-state index contributed by atoms with van der Waals surface area (Å²) in [6.07, 6.45) is 1.60. The second-order valence-electron chi connectivity index (χ2n) is 3.71. The number of pyridine rings is 1. The fraction of sp³-hybridized carbons (Fsp3) is 0.154. The molecule has 5 heteroatoms. The summed E-state index contributed by atoms with van der Waals surface area (Å²) in [5.74, 6) is 0.169. The zero-order valence-electron chi connectivity index (χ0n) is 9.73. The van der Waals surface area contributed by atoms with Gasteiger partial charge < -0.3 is 10.5 Å². The van der Waals surface area contributed by atoms with Gasteiger partial charge in [-0.05, 0) is 34.1 Å². The molecule has 2 aromatic rings. The second kappa shape index (κ2) is 5.46. The van der Waals surface area contributed by atoms with E-state index in [2.05, 4.69) is 20.9 Å². The van der Waals surface area contributed by atoms with Crippen LogP contribution in [0.2, 0.25) is 0 Å². The molecule has 0 aliphatic carbocycles. The molecule has 1 unspecified atom stereocenters. The largest absolute Gasteiger partial charge is 0.495 e. The third kappa shape index (κ3) is 2.37. The monoisotopic (exact) mass is 310 g/mol. The summed E-state index contributed by atoms with van der Waals surface area (Å²) in [6.45, 7) is 0. The van der Waals surface area contributed by atoms with Crippen LogP contribution in [0.5, 0.6) is 5.75 Å². The molecule has 0 aliphatic rings. The minimum absolute atomic E-state index is 0.376. The van der Waals surface area contributed by atoms with Gasteiger partial charge in [0.1, 0.15) is 17.3 Å². The van der Waals surface area contributed by atoms with Gasteiger partial charge in [-0.15, -0.1) is 0 Å². The summed E-state index contributed by atoms with van der Waals surface area (Å²) in [7, 11) is 1.53. The third-order valence-electron chi connectivity index (χ3n) is 2.63. The van der Waals surface area contributed by atoms with Crippen LogP contribution in [-0.2, 0) is 0 Å². The minimum atomic E-state index is -0.668. The molecule has 2 rings (SSSR count). The standard InChI is InChI=1S/C13H12BrFN2O/c1-18-10-6-3-7-17-13(10)12(16)8-4-2-5-9(14)11(8)15/h2-7,12H,16H2,1H3. The van der Waals surface area contributed by atoms with Gasteiger partial charge in [-0.3, -0.25) is 4.98 Å². The second-order valence-corrected chi connectivity index (χ2v) is 4.57. The normalized spacial score (nSPS) is 12.2. The molecule has 1 atom stereocenters. The number of ether oxygens (including phenoxy) is 1. The Morgan fingerprint density at radius 3 is 2.83 bits per heavy atom. The van der Waals surface area contributed by atoms with Crippen LogP contribution in [0, 0.1) is 5.82 Å². The van der Waals surface area contributed by atoms with Crippen LogP contribution >= 0.6 is 15.9 Å². The number of aromatic nitrogens is 1. The third-order valence-corrected chi connectivity index (χ3v) is 3.24. The lowest BCUT2D eigenvalue weighted by Gasteiger charge is -2.15. The average Bonchev–Trinajstić information content (AvgIpc) is 2.41. The highest BCUT2D eigenvalue weighted by Crippen LogP contribution is 2.29. The molecule has 0 fully saturated rings. The lowest BCUT2D eigenvalue weighted by Crippen LogP contribution is -2.16. The number of rotatable bonds is 3. The van der Waals surface area contributed by atoms with Gasteiger partial charge in [-0.1, -0.05) is 12.1 Å². The molecule has 3 nitrogen and oxygen atoms in total. The van der Waals surface area contributed by atoms with Crippen LogP contribution in [-0.4, -0.2) is 12.1 Å². The topological polar surface area (TPSA) is 48.1 Å². The van der Waals surface area contributed by atoms with Gasteiger partial charge in [-0.2, -0.15) is 0 Å². The maximum absolute atomic E-state index is 14.0. The number of hydrogen-bond acceptors (Lipinski definition) is 3. The zero-order chi connectivity index (χ0) is 13.1. The number of nitrogens with zero attached hydrogens (tertiary/aromatic N) is 1. The first-order valence-electron chi connectivity index (χ1n) is 5.33. The predicted octanol–water partition coefficient (Wildman–Crippen LogP) is 3.04. The van der Waals surface area contributed by atoms with Crippen molar-refractivity contribution in [2.45, 2.75) is 6.04 Å². The van der Waals surface area contributed by atoms with Gasteiger partial charge in [0.05, 0.1) is 17.6 Å². The van der Waals surface area contributed by atoms with Crippen LogP contribution in [0.4, 0.5) is 4.39 Å². The molecule has 0 bridgehead atoms. The van der Waals surface area contributed by atoms with E-state index in [9.17, 15) is 4.39 Å². The van der Waals surface area contributed by atoms with E-state index in [1.165, 1.54) is 7.11 Å². The first kappa shape index (κ1) is 13.0. The summed E-state index contributed by atoms with van der Waals surface area (Å²) in [6, 6.07) is 7.82. The van der Waals surface area contributed by atoms with E-state index >= 15 is 0 Å². The van der Waals surface area contributed by atoms with E-state index in [1.54, 1.807) is 36.5 Å². The molecule has 1 heterocycles. The van der Waals surface area contributed by atoms with Crippen molar-refractivity contribution < 1.29 is 9.13 Å². The summed E-state index contributed by atoms with van der Waals surface area (Å²) in [5.41, 5.74) is 6.95. The molecule has 18 heavy (non-hydrogen) atoms. The minimum Gasteiger partial charge on any atom is -0.495 e. The van der Waals surface area contributed by atoms with Gasteiger partial charge in [0.15, 0.2) is 0 Å². The summed E-state index contributed by atoms with van der Waals surface area (Å²) < 4.78 is 19.5. The molecule has 0 radical (unpaired) electrons. The molecule has 0 aliphatic heterocycles. The lowest BCUT2D eigenvalue weighted by atomic mass is 10.0. The van der Waals surface area contributed by atoms with E-state index in [0.29, 0.717) is 21.5 Å². The molecule has 2 N–H and O–H groups in total. The van der Waals surface area contributed by atoms with Gasteiger partial charge in [0.25, 0.3) is 0 Å². The first-order valence-corrected chi connectivity index (χ1v) is 6.13. The Kier molecular flexibility index (Phi) is 3.93. The highest BCUT2D eigenvalue weighted by atomic mass is 79.9. The van der Waals surface area contributed by atoms with Crippen molar-refractivity contribution in [3.63, 3.8) is 0 Å². The lowest BCUT2D eigenvalue weighted by molar-refractivity contribution is 0.404. The molecular formula is C13H12BrFN2O. The number of benzene rings is 1. The van der Waals surface area contributed by atoms with E-state index < -0.39 is 6.04 Å². The Morgan fingerprint density at radius 2 is 2.11 bits per heavy atom. The molecular weight excluding hydrogens is 299 g/mol. The fourth-order valence-electron chi connectivity index (χ4n) is 1.72. The van der Waals surface area contributed by atoms with Gasteiger partial charge in [0, 0.05) is 11.8 Å². The maximum atomic E-state index is 14.0. The van der Waals surface area contributed by atoms with Crippen LogP contribution in [0.25, 0.3) is 0 Å². The van der Waals surface area contributed by atoms with E-state index in [-0.39, 0.29) is 5.82 Å². The van der Waals surface area contributed by atoms with Gasteiger partial charge in [0.2, 0.25) is 0 Å². The van der Waals surface area contributed by atoms with Crippen molar-refractivity contribution in [3.8, 4) is 5.75 Å². The SMILES string of the molecule is COc1cccnc1C(N)c1cccc(Br)c1F. The quantitative estimate of drug-likeness (QED) is 0.948. The van der Waals surface area contributed by atoms with Crippen molar-refractivity contribution in [3.05, 3.63) is 58.1 Å². The summed E-state index contributed by atoms with van der Waals surface area (Å²) >= 11 is 3.14. The Balaban J connectivity index is 2.48. The van der Waals surface area contributed by atoms with Crippen molar-refractivity contribution in [2.24, 2.45) is 5.73 Å². The Bertz CT molecular complexity index is 562. The summed E-state index contributed by atoms with van der Waals surface area (Å²) in [5, 5.41) is 0. The highest BCUT2D eigenvalue weighted by molar-refractivity contribution is 9.10. The molecule has 1 aromatic heterocycles. The number of halogens is 2. The first-order chi connectivity index (χ1) is 8.65. The molecule has 0 amide bonds. The Labute approximate surface area is 113 Å². The molecule has 94 valence electrons. The fourth-order valence-corrected chi connectivity index (χ4v) is 2.10. The number of methoxy groups -OCH3 is 1. The smallest absolute Gasteiger partial charge is 0.142 e. The van der Waals surface area contributed by atoms with E-state index in [4.69, 9.17) is 10.5 Å².